The maximum Gasteiger partial charge on any atom is 0.254 e. The SMILES string of the molecule is CNCCc1ccccc1C(=O)N(CCC#N)CCOC. The summed E-state index contributed by atoms with van der Waals surface area (Å²) >= 11 is 0. The first-order chi connectivity index (χ1) is 10.2. The van der Waals surface area contributed by atoms with Crippen LogP contribution in [0.1, 0.15) is 22.3 Å². The van der Waals surface area contributed by atoms with Gasteiger partial charge in [-0.3, -0.25) is 4.79 Å². The summed E-state index contributed by atoms with van der Waals surface area (Å²) in [6, 6.07) is 9.72. The van der Waals surface area contributed by atoms with Crippen molar-refractivity contribution >= 4 is 5.91 Å². The van der Waals surface area contributed by atoms with Crippen molar-refractivity contribution in [3.05, 3.63) is 35.4 Å². The maximum atomic E-state index is 12.7. The highest BCUT2D eigenvalue weighted by atomic mass is 16.5. The minimum absolute atomic E-state index is 0.0333. The molecule has 1 N–H and O–H groups in total. The van der Waals surface area contributed by atoms with Crippen LogP contribution in [-0.2, 0) is 11.2 Å². The van der Waals surface area contributed by atoms with Crippen molar-refractivity contribution in [2.24, 2.45) is 0 Å². The molecular weight excluding hydrogens is 266 g/mol. The van der Waals surface area contributed by atoms with Gasteiger partial charge in [-0.15, -0.1) is 0 Å². The molecule has 0 aromatic heterocycles. The number of hydrogen-bond acceptors (Lipinski definition) is 4. The van der Waals surface area contributed by atoms with E-state index in [4.69, 9.17) is 10.00 Å². The molecular formula is C16H23N3O2. The molecule has 0 spiro atoms. The van der Waals surface area contributed by atoms with E-state index in [0.29, 0.717) is 31.7 Å². The number of carbonyl (C=O) groups is 1. The number of nitrogens with one attached hydrogen (secondary N) is 1. The van der Waals surface area contributed by atoms with E-state index in [9.17, 15) is 4.79 Å². The Morgan fingerprint density at radius 3 is 2.81 bits per heavy atom. The molecule has 0 bridgehead atoms. The lowest BCUT2D eigenvalue weighted by Gasteiger charge is -2.22. The van der Waals surface area contributed by atoms with Gasteiger partial charge in [-0.25, -0.2) is 0 Å². The van der Waals surface area contributed by atoms with Crippen molar-refractivity contribution in [1.82, 2.24) is 10.2 Å². The standard InChI is InChI=1S/C16H23N3O2/c1-18-10-8-14-6-3-4-7-15(14)16(20)19(11-5-9-17)12-13-21-2/h3-4,6-7,18H,5,8,10-13H2,1-2H3. The maximum absolute atomic E-state index is 12.7. The summed E-state index contributed by atoms with van der Waals surface area (Å²) in [6.45, 7) is 2.22. The van der Waals surface area contributed by atoms with Crippen LogP contribution in [0.2, 0.25) is 0 Å². The first kappa shape index (κ1) is 17.2. The van der Waals surface area contributed by atoms with E-state index in [1.165, 1.54) is 0 Å². The van der Waals surface area contributed by atoms with Crippen LogP contribution >= 0.6 is 0 Å². The molecule has 5 heteroatoms. The summed E-state index contributed by atoms with van der Waals surface area (Å²) in [5.41, 5.74) is 1.73. The van der Waals surface area contributed by atoms with Crippen LogP contribution in [-0.4, -0.2) is 51.2 Å². The number of amides is 1. The van der Waals surface area contributed by atoms with E-state index >= 15 is 0 Å². The van der Waals surface area contributed by atoms with Crippen LogP contribution in [0.4, 0.5) is 0 Å². The Labute approximate surface area is 126 Å². The van der Waals surface area contributed by atoms with Crippen molar-refractivity contribution in [1.29, 1.82) is 5.26 Å². The summed E-state index contributed by atoms with van der Waals surface area (Å²) in [5.74, 6) is -0.0333. The number of hydrogen-bond donors (Lipinski definition) is 1. The van der Waals surface area contributed by atoms with Crippen LogP contribution in [0.25, 0.3) is 0 Å². The van der Waals surface area contributed by atoms with Crippen LogP contribution in [0.3, 0.4) is 0 Å². The van der Waals surface area contributed by atoms with Gasteiger partial charge in [0.15, 0.2) is 0 Å². The number of methoxy groups -OCH3 is 1. The molecule has 0 aliphatic carbocycles. The number of benzene rings is 1. The van der Waals surface area contributed by atoms with Gasteiger partial charge in [-0.05, 0) is 31.6 Å². The average Bonchev–Trinajstić information content (AvgIpc) is 2.52. The smallest absolute Gasteiger partial charge is 0.254 e. The Morgan fingerprint density at radius 2 is 2.14 bits per heavy atom. The molecule has 0 aliphatic rings. The van der Waals surface area contributed by atoms with Crippen LogP contribution in [0, 0.1) is 11.3 Å². The molecule has 0 saturated heterocycles. The normalized spacial score (nSPS) is 10.1. The zero-order valence-electron chi connectivity index (χ0n) is 12.8. The Bertz CT molecular complexity index is 483. The molecule has 1 aromatic rings. The number of nitrogens with zero attached hydrogens (tertiary/aromatic N) is 2. The number of nitriles is 1. The van der Waals surface area contributed by atoms with Gasteiger partial charge in [0.05, 0.1) is 19.1 Å². The van der Waals surface area contributed by atoms with Gasteiger partial charge in [-0.2, -0.15) is 5.26 Å². The number of carbonyl (C=O) groups excluding carboxylic acids is 1. The number of rotatable bonds is 9. The Morgan fingerprint density at radius 1 is 1.38 bits per heavy atom. The molecule has 0 aliphatic heterocycles. The molecule has 0 heterocycles. The highest BCUT2D eigenvalue weighted by molar-refractivity contribution is 5.95. The second-order valence-electron chi connectivity index (χ2n) is 4.70. The van der Waals surface area contributed by atoms with Crippen LogP contribution < -0.4 is 5.32 Å². The lowest BCUT2D eigenvalue weighted by Crippen LogP contribution is -2.35. The summed E-state index contributed by atoms with van der Waals surface area (Å²) in [4.78, 5) is 14.4. The minimum Gasteiger partial charge on any atom is -0.383 e. The zero-order valence-corrected chi connectivity index (χ0v) is 12.8. The third-order valence-electron chi connectivity index (χ3n) is 3.24. The van der Waals surface area contributed by atoms with Gasteiger partial charge < -0.3 is 15.0 Å². The lowest BCUT2D eigenvalue weighted by molar-refractivity contribution is 0.0699. The van der Waals surface area contributed by atoms with Gasteiger partial charge in [0.2, 0.25) is 0 Å². The van der Waals surface area contributed by atoms with Crippen molar-refractivity contribution in [3.8, 4) is 6.07 Å². The Balaban J connectivity index is 2.88. The fourth-order valence-electron chi connectivity index (χ4n) is 2.08. The van der Waals surface area contributed by atoms with Gasteiger partial charge in [0.25, 0.3) is 5.91 Å². The summed E-state index contributed by atoms with van der Waals surface area (Å²) < 4.78 is 5.05. The second-order valence-corrected chi connectivity index (χ2v) is 4.70. The van der Waals surface area contributed by atoms with E-state index in [-0.39, 0.29) is 5.91 Å². The number of ether oxygens (including phenoxy) is 1. The largest absolute Gasteiger partial charge is 0.383 e. The molecule has 0 atom stereocenters. The molecule has 0 saturated carbocycles. The van der Waals surface area contributed by atoms with Crippen molar-refractivity contribution in [3.63, 3.8) is 0 Å². The molecule has 1 rings (SSSR count). The molecule has 114 valence electrons. The fourth-order valence-corrected chi connectivity index (χ4v) is 2.08. The van der Waals surface area contributed by atoms with Gasteiger partial charge in [-0.1, -0.05) is 18.2 Å². The average molecular weight is 289 g/mol. The van der Waals surface area contributed by atoms with Crippen molar-refractivity contribution in [2.75, 3.05) is 40.4 Å². The lowest BCUT2D eigenvalue weighted by atomic mass is 10.0. The highest BCUT2D eigenvalue weighted by Crippen LogP contribution is 2.13. The summed E-state index contributed by atoms with van der Waals surface area (Å²) in [6.07, 6.45) is 1.13. The monoisotopic (exact) mass is 289 g/mol. The summed E-state index contributed by atoms with van der Waals surface area (Å²) in [5, 5.41) is 11.8. The van der Waals surface area contributed by atoms with Crippen LogP contribution in [0.15, 0.2) is 24.3 Å². The van der Waals surface area contributed by atoms with E-state index in [1.807, 2.05) is 31.3 Å². The predicted molar refractivity (Wildman–Crippen MR) is 82.1 cm³/mol. The summed E-state index contributed by atoms with van der Waals surface area (Å²) in [7, 11) is 3.50. The van der Waals surface area contributed by atoms with Gasteiger partial charge in [0, 0.05) is 25.8 Å². The third kappa shape index (κ3) is 5.54. The van der Waals surface area contributed by atoms with Gasteiger partial charge in [0.1, 0.15) is 0 Å². The third-order valence-corrected chi connectivity index (χ3v) is 3.24. The molecule has 0 unspecified atom stereocenters. The second kappa shape index (κ2) is 9.92. The topological polar surface area (TPSA) is 65.4 Å². The zero-order chi connectivity index (χ0) is 15.5. The van der Waals surface area contributed by atoms with Crippen molar-refractivity contribution < 1.29 is 9.53 Å². The Kier molecular flexibility index (Phi) is 8.10. The Hall–Kier alpha value is -1.90. The van der Waals surface area contributed by atoms with E-state index in [1.54, 1.807) is 12.0 Å². The molecule has 5 nitrogen and oxygen atoms in total. The van der Waals surface area contributed by atoms with Crippen LogP contribution in [0.5, 0.6) is 0 Å². The molecule has 1 amide bonds. The van der Waals surface area contributed by atoms with E-state index in [0.717, 1.165) is 18.5 Å². The predicted octanol–water partition coefficient (Wildman–Crippen LogP) is 1.45. The first-order valence-corrected chi connectivity index (χ1v) is 7.12. The molecule has 1 aromatic carbocycles. The molecule has 21 heavy (non-hydrogen) atoms. The van der Waals surface area contributed by atoms with Crippen molar-refractivity contribution in [2.45, 2.75) is 12.8 Å². The van der Waals surface area contributed by atoms with Gasteiger partial charge >= 0.3 is 0 Å². The fraction of sp³-hybridized carbons (Fsp3) is 0.500. The quantitative estimate of drug-likeness (QED) is 0.747. The van der Waals surface area contributed by atoms with E-state index in [2.05, 4.69) is 11.4 Å². The molecule has 0 fully saturated rings. The minimum atomic E-state index is -0.0333. The van der Waals surface area contributed by atoms with E-state index < -0.39 is 0 Å². The molecule has 0 radical (unpaired) electrons. The number of likely N-dealkylation sites (N-methyl/N-ethyl adjacent to an activating group) is 1. The first-order valence-electron chi connectivity index (χ1n) is 7.12. The highest BCUT2D eigenvalue weighted by Gasteiger charge is 2.17.